The number of carbonyl (C=O) groups is 1. The molecule has 1 N–H and O–H groups in total. The molecule has 94 valence electrons. The summed E-state index contributed by atoms with van der Waals surface area (Å²) in [6.07, 6.45) is 1.59. The van der Waals surface area contributed by atoms with Gasteiger partial charge in [-0.1, -0.05) is 6.07 Å². The molecule has 4 heteroatoms. The van der Waals surface area contributed by atoms with Gasteiger partial charge in [0, 0.05) is 18.4 Å². The van der Waals surface area contributed by atoms with E-state index < -0.39 is 0 Å². The van der Waals surface area contributed by atoms with Crippen molar-refractivity contribution in [1.29, 1.82) is 0 Å². The van der Waals surface area contributed by atoms with E-state index in [2.05, 4.69) is 10.4 Å². The van der Waals surface area contributed by atoms with Gasteiger partial charge in [0.1, 0.15) is 0 Å². The van der Waals surface area contributed by atoms with E-state index in [9.17, 15) is 4.79 Å². The predicted octanol–water partition coefficient (Wildman–Crippen LogP) is 2.60. The molecule has 0 radical (unpaired) electrons. The van der Waals surface area contributed by atoms with Crippen molar-refractivity contribution in [1.82, 2.24) is 9.78 Å². The second-order valence-electron chi connectivity index (χ2n) is 4.52. The first-order valence-corrected chi connectivity index (χ1v) is 5.86. The number of nitrogens with one attached hydrogen (secondary N) is 1. The van der Waals surface area contributed by atoms with Crippen LogP contribution in [0.3, 0.4) is 0 Å². The Bertz CT molecular complexity index is 599. The van der Waals surface area contributed by atoms with Crippen LogP contribution in [0, 0.1) is 20.8 Å². The number of carbonyl (C=O) groups excluding carboxylic acids is 1. The highest BCUT2D eigenvalue weighted by atomic mass is 16.1. The number of rotatable bonds is 2. The van der Waals surface area contributed by atoms with Crippen molar-refractivity contribution in [2.24, 2.45) is 7.05 Å². The van der Waals surface area contributed by atoms with Gasteiger partial charge in [-0.15, -0.1) is 0 Å². The minimum atomic E-state index is -0.121. The zero-order valence-electron chi connectivity index (χ0n) is 11.1. The molecule has 1 aromatic heterocycles. The number of amides is 1. The zero-order valence-corrected chi connectivity index (χ0v) is 11.1. The molecule has 0 saturated carbocycles. The van der Waals surface area contributed by atoms with E-state index in [1.54, 1.807) is 10.9 Å². The van der Waals surface area contributed by atoms with Crippen LogP contribution in [-0.4, -0.2) is 15.7 Å². The Hall–Kier alpha value is -2.10. The lowest BCUT2D eigenvalue weighted by molar-refractivity contribution is 0.102. The normalized spacial score (nSPS) is 10.4. The van der Waals surface area contributed by atoms with Crippen molar-refractivity contribution in [3.05, 3.63) is 46.8 Å². The first kappa shape index (κ1) is 12.4. The smallest absolute Gasteiger partial charge is 0.259 e. The van der Waals surface area contributed by atoms with E-state index >= 15 is 0 Å². The van der Waals surface area contributed by atoms with Crippen molar-refractivity contribution < 1.29 is 4.79 Å². The maximum Gasteiger partial charge on any atom is 0.259 e. The molecular formula is C14H17N3O. The topological polar surface area (TPSA) is 46.9 Å². The SMILES string of the molecule is Cc1ccc(NC(=O)c2cnn(C)c2C)cc1C. The molecule has 2 aromatic rings. The lowest BCUT2D eigenvalue weighted by Crippen LogP contribution is -2.13. The predicted molar refractivity (Wildman–Crippen MR) is 71.8 cm³/mol. The highest BCUT2D eigenvalue weighted by Crippen LogP contribution is 2.16. The molecule has 0 unspecified atom stereocenters. The van der Waals surface area contributed by atoms with E-state index in [1.165, 1.54) is 5.56 Å². The highest BCUT2D eigenvalue weighted by Gasteiger charge is 2.12. The van der Waals surface area contributed by atoms with Crippen molar-refractivity contribution in [3.63, 3.8) is 0 Å². The average Bonchev–Trinajstić information content (AvgIpc) is 2.65. The van der Waals surface area contributed by atoms with E-state index in [4.69, 9.17) is 0 Å². The van der Waals surface area contributed by atoms with Crippen LogP contribution in [0.1, 0.15) is 27.2 Å². The van der Waals surface area contributed by atoms with Gasteiger partial charge in [0.25, 0.3) is 5.91 Å². The molecule has 18 heavy (non-hydrogen) atoms. The lowest BCUT2D eigenvalue weighted by Gasteiger charge is -2.07. The third kappa shape index (κ3) is 2.27. The summed E-state index contributed by atoms with van der Waals surface area (Å²) in [6.45, 7) is 5.95. The Labute approximate surface area is 107 Å². The van der Waals surface area contributed by atoms with Gasteiger partial charge in [-0.25, -0.2) is 0 Å². The average molecular weight is 243 g/mol. The van der Waals surface area contributed by atoms with Crippen LogP contribution in [-0.2, 0) is 7.05 Å². The molecule has 1 amide bonds. The summed E-state index contributed by atoms with van der Waals surface area (Å²) in [5.41, 5.74) is 4.65. The van der Waals surface area contributed by atoms with Gasteiger partial charge in [-0.05, 0) is 44.0 Å². The van der Waals surface area contributed by atoms with Crippen LogP contribution in [0.5, 0.6) is 0 Å². The summed E-state index contributed by atoms with van der Waals surface area (Å²) in [4.78, 5) is 12.1. The molecule has 0 atom stereocenters. The lowest BCUT2D eigenvalue weighted by atomic mass is 10.1. The number of anilines is 1. The van der Waals surface area contributed by atoms with Gasteiger partial charge >= 0.3 is 0 Å². The van der Waals surface area contributed by atoms with Crippen LogP contribution < -0.4 is 5.32 Å². The van der Waals surface area contributed by atoms with Gasteiger partial charge in [-0.2, -0.15) is 5.10 Å². The van der Waals surface area contributed by atoms with Crippen molar-refractivity contribution in [2.45, 2.75) is 20.8 Å². The van der Waals surface area contributed by atoms with Crippen molar-refractivity contribution >= 4 is 11.6 Å². The Morgan fingerprint density at radius 2 is 1.94 bits per heavy atom. The second kappa shape index (κ2) is 4.64. The second-order valence-corrected chi connectivity index (χ2v) is 4.52. The number of benzene rings is 1. The van der Waals surface area contributed by atoms with Crippen molar-refractivity contribution in [2.75, 3.05) is 5.32 Å². The molecule has 1 aromatic carbocycles. The minimum absolute atomic E-state index is 0.121. The fourth-order valence-corrected chi connectivity index (χ4v) is 1.74. The number of aromatic nitrogens is 2. The first-order valence-electron chi connectivity index (χ1n) is 5.86. The summed E-state index contributed by atoms with van der Waals surface area (Å²) in [7, 11) is 1.82. The molecule has 0 saturated heterocycles. The van der Waals surface area contributed by atoms with E-state index in [1.807, 2.05) is 46.0 Å². The summed E-state index contributed by atoms with van der Waals surface area (Å²) in [6, 6.07) is 5.88. The van der Waals surface area contributed by atoms with Crippen LogP contribution in [0.2, 0.25) is 0 Å². The Morgan fingerprint density at radius 1 is 1.22 bits per heavy atom. The molecule has 0 aliphatic rings. The number of aryl methyl sites for hydroxylation is 3. The molecular weight excluding hydrogens is 226 g/mol. The van der Waals surface area contributed by atoms with Gasteiger partial charge in [0.2, 0.25) is 0 Å². The summed E-state index contributed by atoms with van der Waals surface area (Å²) in [5, 5.41) is 6.95. The summed E-state index contributed by atoms with van der Waals surface area (Å²) < 4.78 is 1.69. The number of hydrogen-bond acceptors (Lipinski definition) is 2. The van der Waals surface area contributed by atoms with Crippen LogP contribution in [0.15, 0.2) is 24.4 Å². The maximum absolute atomic E-state index is 12.1. The molecule has 2 rings (SSSR count). The Balaban J connectivity index is 2.21. The van der Waals surface area contributed by atoms with E-state index in [0.717, 1.165) is 16.9 Å². The molecule has 1 heterocycles. The first-order chi connectivity index (χ1) is 8.49. The Kier molecular flexibility index (Phi) is 3.19. The minimum Gasteiger partial charge on any atom is -0.322 e. The number of nitrogens with zero attached hydrogens (tertiary/aromatic N) is 2. The van der Waals surface area contributed by atoms with Crippen LogP contribution in [0.4, 0.5) is 5.69 Å². The van der Waals surface area contributed by atoms with Gasteiger partial charge < -0.3 is 5.32 Å². The third-order valence-electron chi connectivity index (χ3n) is 3.24. The number of hydrogen-bond donors (Lipinski definition) is 1. The van der Waals surface area contributed by atoms with Gasteiger partial charge in [-0.3, -0.25) is 9.48 Å². The molecule has 0 fully saturated rings. The molecule has 0 aliphatic heterocycles. The van der Waals surface area contributed by atoms with Crippen LogP contribution in [0.25, 0.3) is 0 Å². The Morgan fingerprint density at radius 3 is 2.50 bits per heavy atom. The summed E-state index contributed by atoms with van der Waals surface area (Å²) >= 11 is 0. The molecule has 0 spiro atoms. The van der Waals surface area contributed by atoms with Crippen LogP contribution >= 0.6 is 0 Å². The fraction of sp³-hybridized carbons (Fsp3) is 0.286. The maximum atomic E-state index is 12.1. The standard InChI is InChI=1S/C14H17N3O/c1-9-5-6-12(7-10(9)2)16-14(18)13-8-15-17(4)11(13)3/h5-8H,1-4H3,(H,16,18). The largest absolute Gasteiger partial charge is 0.322 e. The van der Waals surface area contributed by atoms with Gasteiger partial charge in [0.05, 0.1) is 11.8 Å². The highest BCUT2D eigenvalue weighted by molar-refractivity contribution is 6.04. The van der Waals surface area contributed by atoms with Crippen molar-refractivity contribution in [3.8, 4) is 0 Å². The quantitative estimate of drug-likeness (QED) is 0.881. The van der Waals surface area contributed by atoms with E-state index in [0.29, 0.717) is 5.56 Å². The molecule has 0 bridgehead atoms. The third-order valence-corrected chi connectivity index (χ3v) is 3.24. The zero-order chi connectivity index (χ0) is 13.3. The summed E-state index contributed by atoms with van der Waals surface area (Å²) in [5.74, 6) is -0.121. The monoisotopic (exact) mass is 243 g/mol. The molecule has 4 nitrogen and oxygen atoms in total. The van der Waals surface area contributed by atoms with Gasteiger partial charge in [0.15, 0.2) is 0 Å². The van der Waals surface area contributed by atoms with E-state index in [-0.39, 0.29) is 5.91 Å². The molecule has 0 aliphatic carbocycles. The fourth-order valence-electron chi connectivity index (χ4n) is 1.74.